The Balaban J connectivity index is 2.41. The Morgan fingerprint density at radius 1 is 1.39 bits per heavy atom. The second kappa shape index (κ2) is 5.33. The van der Waals surface area contributed by atoms with Crippen molar-refractivity contribution in [2.24, 2.45) is 0 Å². The number of halogens is 1. The van der Waals surface area contributed by atoms with Crippen molar-refractivity contribution in [3.63, 3.8) is 0 Å². The number of likely N-dealkylation sites (N-methyl/N-ethyl adjacent to an activating group) is 1. The summed E-state index contributed by atoms with van der Waals surface area (Å²) in [5.74, 6) is -0.231. The number of rotatable bonds is 3. The van der Waals surface area contributed by atoms with E-state index >= 15 is 0 Å². The van der Waals surface area contributed by atoms with Crippen molar-refractivity contribution < 1.29 is 9.90 Å². The number of para-hydroxylation sites is 1. The minimum Gasteiger partial charge on any atom is -0.395 e. The monoisotopic (exact) mass is 264 g/mol. The predicted octanol–water partition coefficient (Wildman–Crippen LogP) is 1.95. The molecule has 2 aromatic rings. The van der Waals surface area contributed by atoms with Gasteiger partial charge in [0.05, 0.1) is 17.1 Å². The number of nitrogens with zero attached hydrogens (tertiary/aromatic N) is 2. The first-order chi connectivity index (χ1) is 8.63. The van der Waals surface area contributed by atoms with Gasteiger partial charge in [0.1, 0.15) is 5.69 Å². The van der Waals surface area contributed by atoms with Gasteiger partial charge in [0.2, 0.25) is 0 Å². The van der Waals surface area contributed by atoms with Gasteiger partial charge in [0, 0.05) is 19.0 Å². The summed E-state index contributed by atoms with van der Waals surface area (Å²) in [6.07, 6.45) is 0. The van der Waals surface area contributed by atoms with E-state index in [9.17, 15) is 4.79 Å². The quantitative estimate of drug-likeness (QED) is 0.922. The highest BCUT2D eigenvalue weighted by atomic mass is 35.5. The molecule has 18 heavy (non-hydrogen) atoms. The van der Waals surface area contributed by atoms with E-state index in [-0.39, 0.29) is 19.1 Å². The highest BCUT2D eigenvalue weighted by molar-refractivity contribution is 6.35. The fraction of sp³-hybridized carbons (Fsp3) is 0.231. The Morgan fingerprint density at radius 2 is 2.17 bits per heavy atom. The first-order valence-electron chi connectivity index (χ1n) is 5.55. The summed E-state index contributed by atoms with van der Waals surface area (Å²) < 4.78 is 0. The molecular weight excluding hydrogens is 252 g/mol. The molecule has 1 aromatic carbocycles. The molecule has 0 atom stereocenters. The summed E-state index contributed by atoms with van der Waals surface area (Å²) in [7, 11) is 1.62. The molecule has 4 nitrogen and oxygen atoms in total. The van der Waals surface area contributed by atoms with Gasteiger partial charge in [0.25, 0.3) is 5.91 Å². The lowest BCUT2D eigenvalue weighted by atomic mass is 10.2. The van der Waals surface area contributed by atoms with Gasteiger partial charge in [-0.3, -0.25) is 4.79 Å². The fourth-order valence-electron chi connectivity index (χ4n) is 1.68. The van der Waals surface area contributed by atoms with Gasteiger partial charge >= 0.3 is 0 Å². The SMILES string of the molecule is CN(CCO)C(=O)c1ccc2cccc(Cl)c2n1. The van der Waals surface area contributed by atoms with Gasteiger partial charge in [-0.2, -0.15) is 0 Å². The summed E-state index contributed by atoms with van der Waals surface area (Å²) in [5, 5.41) is 10.2. The van der Waals surface area contributed by atoms with Gasteiger partial charge < -0.3 is 10.0 Å². The van der Waals surface area contributed by atoms with Crippen molar-refractivity contribution in [3.05, 3.63) is 41.0 Å². The van der Waals surface area contributed by atoms with E-state index in [0.717, 1.165) is 5.39 Å². The number of carbonyl (C=O) groups is 1. The lowest BCUT2D eigenvalue weighted by Crippen LogP contribution is -2.30. The summed E-state index contributed by atoms with van der Waals surface area (Å²) in [6.45, 7) is 0.206. The van der Waals surface area contributed by atoms with Crippen molar-refractivity contribution in [3.8, 4) is 0 Å². The van der Waals surface area contributed by atoms with E-state index < -0.39 is 0 Å². The van der Waals surface area contributed by atoms with Crippen LogP contribution in [0.5, 0.6) is 0 Å². The largest absolute Gasteiger partial charge is 0.395 e. The van der Waals surface area contributed by atoms with Crippen LogP contribution in [-0.4, -0.2) is 41.1 Å². The van der Waals surface area contributed by atoms with Gasteiger partial charge in [-0.15, -0.1) is 0 Å². The van der Waals surface area contributed by atoms with E-state index in [1.54, 1.807) is 19.2 Å². The lowest BCUT2D eigenvalue weighted by molar-refractivity contribution is 0.0761. The van der Waals surface area contributed by atoms with Crippen molar-refractivity contribution in [2.75, 3.05) is 20.2 Å². The van der Waals surface area contributed by atoms with Gasteiger partial charge in [-0.1, -0.05) is 29.8 Å². The maximum atomic E-state index is 12.0. The molecule has 0 saturated carbocycles. The van der Waals surface area contributed by atoms with E-state index in [4.69, 9.17) is 16.7 Å². The maximum Gasteiger partial charge on any atom is 0.272 e. The molecule has 0 fully saturated rings. The normalized spacial score (nSPS) is 10.6. The number of aliphatic hydroxyl groups excluding tert-OH is 1. The fourth-order valence-corrected chi connectivity index (χ4v) is 1.90. The number of aliphatic hydroxyl groups is 1. The molecule has 0 bridgehead atoms. The Morgan fingerprint density at radius 3 is 2.89 bits per heavy atom. The van der Waals surface area contributed by atoms with Gasteiger partial charge in [0.15, 0.2) is 0 Å². The van der Waals surface area contributed by atoms with Gasteiger partial charge in [-0.25, -0.2) is 4.98 Å². The number of fused-ring (bicyclic) bond motifs is 1. The van der Waals surface area contributed by atoms with E-state index in [0.29, 0.717) is 16.2 Å². The molecule has 0 spiro atoms. The molecule has 0 aliphatic rings. The molecule has 0 unspecified atom stereocenters. The Labute approximate surface area is 110 Å². The van der Waals surface area contributed by atoms with Crippen molar-refractivity contribution in [1.82, 2.24) is 9.88 Å². The molecule has 5 heteroatoms. The maximum absolute atomic E-state index is 12.0. The molecule has 94 valence electrons. The van der Waals surface area contributed by atoms with Crippen LogP contribution in [0.25, 0.3) is 10.9 Å². The number of carbonyl (C=O) groups excluding carboxylic acids is 1. The highest BCUT2D eigenvalue weighted by Crippen LogP contribution is 2.21. The molecule has 1 N–H and O–H groups in total. The van der Waals surface area contributed by atoms with Crippen LogP contribution >= 0.6 is 11.6 Å². The molecule has 0 aliphatic heterocycles. The molecule has 0 saturated heterocycles. The van der Waals surface area contributed by atoms with Crippen LogP contribution in [0.4, 0.5) is 0 Å². The molecule has 1 aromatic heterocycles. The summed E-state index contributed by atoms with van der Waals surface area (Å²) in [6, 6.07) is 8.94. The molecule has 1 heterocycles. The Hall–Kier alpha value is -1.65. The second-order valence-corrected chi connectivity index (χ2v) is 4.37. The summed E-state index contributed by atoms with van der Waals surface area (Å²) >= 11 is 6.05. The second-order valence-electron chi connectivity index (χ2n) is 3.96. The van der Waals surface area contributed by atoms with E-state index in [1.807, 2.05) is 18.2 Å². The minimum atomic E-state index is -0.231. The summed E-state index contributed by atoms with van der Waals surface area (Å²) in [5.41, 5.74) is 0.939. The van der Waals surface area contributed by atoms with Gasteiger partial charge in [-0.05, 0) is 12.1 Å². The Bertz CT molecular complexity index is 586. The number of hydrogen-bond acceptors (Lipinski definition) is 3. The molecule has 1 amide bonds. The van der Waals surface area contributed by atoms with Crippen molar-refractivity contribution >= 4 is 28.4 Å². The van der Waals surface area contributed by atoms with Crippen LogP contribution in [0, 0.1) is 0 Å². The van der Waals surface area contributed by atoms with Crippen LogP contribution in [-0.2, 0) is 0 Å². The average Bonchev–Trinajstić information content (AvgIpc) is 2.38. The molecular formula is C13H13ClN2O2. The number of amides is 1. The zero-order valence-electron chi connectivity index (χ0n) is 9.93. The third-order valence-electron chi connectivity index (χ3n) is 2.67. The average molecular weight is 265 g/mol. The van der Waals surface area contributed by atoms with E-state index in [1.165, 1.54) is 4.90 Å². The zero-order chi connectivity index (χ0) is 13.1. The van der Waals surface area contributed by atoms with Crippen LogP contribution in [0.15, 0.2) is 30.3 Å². The van der Waals surface area contributed by atoms with E-state index in [2.05, 4.69) is 4.98 Å². The first-order valence-corrected chi connectivity index (χ1v) is 5.93. The minimum absolute atomic E-state index is 0.0728. The highest BCUT2D eigenvalue weighted by Gasteiger charge is 2.13. The number of pyridine rings is 1. The summed E-state index contributed by atoms with van der Waals surface area (Å²) in [4.78, 5) is 17.7. The molecule has 0 aliphatic carbocycles. The number of aromatic nitrogens is 1. The molecule has 0 radical (unpaired) electrons. The van der Waals surface area contributed by atoms with Crippen LogP contribution in [0.2, 0.25) is 5.02 Å². The number of benzene rings is 1. The standard InChI is InChI=1S/C13H13ClN2O2/c1-16(7-8-17)13(18)11-6-5-9-3-2-4-10(14)12(9)15-11/h2-6,17H,7-8H2,1H3. The van der Waals surface area contributed by atoms with Crippen LogP contribution < -0.4 is 0 Å². The first kappa shape index (κ1) is 12.8. The van der Waals surface area contributed by atoms with Crippen LogP contribution in [0.3, 0.4) is 0 Å². The third kappa shape index (κ3) is 2.44. The predicted molar refractivity (Wildman–Crippen MR) is 70.8 cm³/mol. The van der Waals surface area contributed by atoms with Crippen molar-refractivity contribution in [1.29, 1.82) is 0 Å². The van der Waals surface area contributed by atoms with Crippen LogP contribution in [0.1, 0.15) is 10.5 Å². The lowest BCUT2D eigenvalue weighted by Gasteiger charge is -2.15. The topological polar surface area (TPSA) is 53.4 Å². The number of hydrogen-bond donors (Lipinski definition) is 1. The Kier molecular flexibility index (Phi) is 3.79. The third-order valence-corrected chi connectivity index (χ3v) is 2.98. The zero-order valence-corrected chi connectivity index (χ0v) is 10.7. The van der Waals surface area contributed by atoms with Crippen molar-refractivity contribution in [2.45, 2.75) is 0 Å². The molecule has 2 rings (SSSR count). The smallest absolute Gasteiger partial charge is 0.272 e.